The highest BCUT2D eigenvalue weighted by molar-refractivity contribution is 6.00. The molecule has 0 saturated heterocycles. The first-order chi connectivity index (χ1) is 9.32. The van der Waals surface area contributed by atoms with Gasteiger partial charge < -0.3 is 15.4 Å². The van der Waals surface area contributed by atoms with E-state index in [1.165, 1.54) is 6.07 Å². The van der Waals surface area contributed by atoms with Crippen LogP contribution in [-0.2, 0) is 16.0 Å². The summed E-state index contributed by atoms with van der Waals surface area (Å²) in [6, 6.07) is 3.04. The maximum Gasteiger partial charge on any atom is 0.292 e. The van der Waals surface area contributed by atoms with E-state index in [1.54, 1.807) is 13.2 Å². The molecule has 0 aromatic heterocycles. The number of amides is 1. The molecule has 0 bridgehead atoms. The molecular weight excluding hydrogens is 262 g/mol. The lowest BCUT2D eigenvalue weighted by molar-refractivity contribution is -0.384. The van der Waals surface area contributed by atoms with E-state index in [1.807, 2.05) is 13.8 Å². The molecule has 0 spiro atoms. The van der Waals surface area contributed by atoms with Gasteiger partial charge in [-0.25, -0.2) is 0 Å². The zero-order chi connectivity index (χ0) is 14.9. The first-order valence-electron chi connectivity index (χ1n) is 6.22. The number of hydrogen-bond donors (Lipinski definition) is 2. The smallest absolute Gasteiger partial charge is 0.292 e. The molecule has 0 radical (unpaired) electrons. The summed E-state index contributed by atoms with van der Waals surface area (Å²) < 4.78 is 5.27. The lowest BCUT2D eigenvalue weighted by Gasteiger charge is -2.23. The molecule has 0 saturated carbocycles. The number of nitro groups is 1. The number of fused-ring (bicyclic) bond motifs is 1. The van der Waals surface area contributed by atoms with Crippen LogP contribution in [0.5, 0.6) is 0 Å². The summed E-state index contributed by atoms with van der Waals surface area (Å²) in [5.41, 5.74) is 1.17. The Hall–Kier alpha value is -2.15. The second-order valence-electron chi connectivity index (χ2n) is 5.33. The van der Waals surface area contributed by atoms with Crippen molar-refractivity contribution in [1.29, 1.82) is 0 Å². The molecule has 0 fully saturated rings. The first-order valence-corrected chi connectivity index (χ1v) is 6.22. The number of nitrogens with zero attached hydrogens (tertiary/aromatic N) is 1. The number of rotatable bonds is 5. The van der Waals surface area contributed by atoms with Crippen molar-refractivity contribution in [2.45, 2.75) is 25.9 Å². The largest absolute Gasteiger partial charge is 0.377 e. The minimum Gasteiger partial charge on any atom is -0.377 e. The SMILES string of the molecule is COC(C)(C)CNc1cc2c(cc1[N+](=O)[O-])CC(=O)N2. The second kappa shape index (κ2) is 5.09. The lowest BCUT2D eigenvalue weighted by atomic mass is 10.1. The van der Waals surface area contributed by atoms with Crippen LogP contribution in [0.2, 0.25) is 0 Å². The monoisotopic (exact) mass is 279 g/mol. The van der Waals surface area contributed by atoms with Gasteiger partial charge in [0.15, 0.2) is 0 Å². The molecule has 1 aromatic rings. The van der Waals surface area contributed by atoms with Gasteiger partial charge in [-0.3, -0.25) is 14.9 Å². The van der Waals surface area contributed by atoms with Crippen molar-refractivity contribution in [3.8, 4) is 0 Å². The summed E-state index contributed by atoms with van der Waals surface area (Å²) in [6.07, 6.45) is 0.181. The van der Waals surface area contributed by atoms with Crippen LogP contribution in [0.1, 0.15) is 19.4 Å². The van der Waals surface area contributed by atoms with Gasteiger partial charge in [-0.05, 0) is 25.5 Å². The number of hydrogen-bond acceptors (Lipinski definition) is 5. The van der Waals surface area contributed by atoms with Crippen molar-refractivity contribution < 1.29 is 14.5 Å². The minimum atomic E-state index is -0.453. The van der Waals surface area contributed by atoms with Crippen molar-refractivity contribution in [3.05, 3.63) is 27.8 Å². The second-order valence-corrected chi connectivity index (χ2v) is 5.33. The van der Waals surface area contributed by atoms with Crippen LogP contribution >= 0.6 is 0 Å². The Morgan fingerprint density at radius 3 is 2.80 bits per heavy atom. The molecule has 2 N–H and O–H groups in total. The molecule has 1 amide bonds. The third-order valence-electron chi connectivity index (χ3n) is 3.30. The van der Waals surface area contributed by atoms with E-state index in [4.69, 9.17) is 4.74 Å². The van der Waals surface area contributed by atoms with Crippen LogP contribution in [0.15, 0.2) is 12.1 Å². The van der Waals surface area contributed by atoms with E-state index >= 15 is 0 Å². The summed E-state index contributed by atoms with van der Waals surface area (Å²) in [6.45, 7) is 4.17. The van der Waals surface area contributed by atoms with Gasteiger partial charge in [0.1, 0.15) is 5.69 Å². The van der Waals surface area contributed by atoms with E-state index in [0.717, 1.165) is 0 Å². The zero-order valence-corrected chi connectivity index (χ0v) is 11.6. The molecule has 0 aliphatic carbocycles. The predicted molar refractivity (Wildman–Crippen MR) is 75.0 cm³/mol. The quantitative estimate of drug-likeness (QED) is 0.634. The van der Waals surface area contributed by atoms with Crippen molar-refractivity contribution in [3.63, 3.8) is 0 Å². The van der Waals surface area contributed by atoms with Gasteiger partial charge in [0.05, 0.1) is 16.9 Å². The highest BCUT2D eigenvalue weighted by atomic mass is 16.6. The Balaban J connectivity index is 2.30. The number of nitrogens with one attached hydrogen (secondary N) is 2. The number of nitro benzene ring substituents is 1. The van der Waals surface area contributed by atoms with Crippen LogP contribution in [0, 0.1) is 10.1 Å². The molecular formula is C13H17N3O4. The lowest BCUT2D eigenvalue weighted by Crippen LogP contribution is -2.32. The van der Waals surface area contributed by atoms with Gasteiger partial charge in [-0.2, -0.15) is 0 Å². The number of carbonyl (C=O) groups excluding carboxylic acids is 1. The van der Waals surface area contributed by atoms with Crippen molar-refractivity contribution in [2.24, 2.45) is 0 Å². The van der Waals surface area contributed by atoms with Gasteiger partial charge in [-0.1, -0.05) is 0 Å². The van der Waals surface area contributed by atoms with Crippen LogP contribution in [0.25, 0.3) is 0 Å². The maximum atomic E-state index is 11.3. The highest BCUT2D eigenvalue weighted by Crippen LogP contribution is 2.34. The van der Waals surface area contributed by atoms with E-state index < -0.39 is 10.5 Å². The summed E-state index contributed by atoms with van der Waals surface area (Å²) >= 11 is 0. The fourth-order valence-corrected chi connectivity index (χ4v) is 1.93. The molecule has 1 aromatic carbocycles. The molecule has 20 heavy (non-hydrogen) atoms. The van der Waals surface area contributed by atoms with Gasteiger partial charge in [-0.15, -0.1) is 0 Å². The van der Waals surface area contributed by atoms with Crippen molar-refractivity contribution >= 4 is 23.0 Å². The third kappa shape index (κ3) is 2.88. The number of carbonyl (C=O) groups is 1. The van der Waals surface area contributed by atoms with Crippen LogP contribution in [-0.4, -0.2) is 30.1 Å². The summed E-state index contributed by atoms with van der Waals surface area (Å²) in [5, 5.41) is 16.8. The predicted octanol–water partition coefficient (Wildman–Crippen LogP) is 1.93. The molecule has 1 heterocycles. The fourth-order valence-electron chi connectivity index (χ4n) is 1.93. The average molecular weight is 279 g/mol. The molecule has 0 atom stereocenters. The Bertz CT molecular complexity index is 569. The topological polar surface area (TPSA) is 93.5 Å². The number of ether oxygens (including phenoxy) is 1. The van der Waals surface area contributed by atoms with Gasteiger partial charge >= 0.3 is 0 Å². The van der Waals surface area contributed by atoms with Crippen molar-refractivity contribution in [1.82, 2.24) is 0 Å². The third-order valence-corrected chi connectivity index (χ3v) is 3.30. The Morgan fingerprint density at radius 2 is 2.20 bits per heavy atom. The van der Waals surface area contributed by atoms with Gasteiger partial charge in [0.25, 0.3) is 5.69 Å². The van der Waals surface area contributed by atoms with Gasteiger partial charge in [0, 0.05) is 25.4 Å². The summed E-state index contributed by atoms with van der Waals surface area (Å²) in [7, 11) is 1.58. The highest BCUT2D eigenvalue weighted by Gasteiger charge is 2.25. The van der Waals surface area contributed by atoms with Crippen molar-refractivity contribution in [2.75, 3.05) is 24.3 Å². The molecule has 7 nitrogen and oxygen atoms in total. The van der Waals surface area contributed by atoms with Crippen LogP contribution in [0.3, 0.4) is 0 Å². The van der Waals surface area contributed by atoms with E-state index in [0.29, 0.717) is 23.5 Å². The normalized spacial score (nSPS) is 13.8. The summed E-state index contributed by atoms with van der Waals surface area (Å²) in [4.78, 5) is 22.0. The molecule has 2 rings (SSSR count). The zero-order valence-electron chi connectivity index (χ0n) is 11.6. The van der Waals surface area contributed by atoms with Crippen LogP contribution < -0.4 is 10.6 Å². The van der Waals surface area contributed by atoms with E-state index in [9.17, 15) is 14.9 Å². The minimum absolute atomic E-state index is 0.0350. The maximum absolute atomic E-state index is 11.3. The number of methoxy groups -OCH3 is 1. The molecule has 1 aliphatic rings. The first kappa shape index (κ1) is 14.3. The molecule has 108 valence electrons. The van der Waals surface area contributed by atoms with E-state index in [2.05, 4.69) is 10.6 Å². The Labute approximate surface area is 116 Å². The molecule has 7 heteroatoms. The Morgan fingerprint density at radius 1 is 1.50 bits per heavy atom. The molecule has 1 aliphatic heterocycles. The van der Waals surface area contributed by atoms with Gasteiger partial charge in [0.2, 0.25) is 5.91 Å². The molecule has 0 unspecified atom stereocenters. The average Bonchev–Trinajstić information content (AvgIpc) is 2.74. The van der Waals surface area contributed by atoms with E-state index in [-0.39, 0.29) is 18.0 Å². The standard InChI is InChI=1S/C13H17N3O4/c1-13(2,20-3)7-14-10-6-9-8(5-12(17)15-9)4-11(10)16(18)19/h4,6,14H,5,7H2,1-3H3,(H,15,17). The Kier molecular flexibility index (Phi) is 3.63. The number of anilines is 2. The number of benzene rings is 1. The van der Waals surface area contributed by atoms with Crippen LogP contribution in [0.4, 0.5) is 17.1 Å². The summed E-state index contributed by atoms with van der Waals surface area (Å²) in [5.74, 6) is -0.149. The fraction of sp³-hybridized carbons (Fsp3) is 0.462.